The number of aromatic amines is 1. The van der Waals surface area contributed by atoms with E-state index in [0.29, 0.717) is 35.2 Å². The van der Waals surface area contributed by atoms with Gasteiger partial charge in [-0.25, -0.2) is 0 Å². The third-order valence-electron chi connectivity index (χ3n) is 6.37. The summed E-state index contributed by atoms with van der Waals surface area (Å²) < 4.78 is 1.68. The number of anilines is 1. The number of nitrogens with zero attached hydrogens (tertiary/aromatic N) is 3. The van der Waals surface area contributed by atoms with Crippen molar-refractivity contribution in [3.8, 4) is 0 Å². The van der Waals surface area contributed by atoms with E-state index in [0.717, 1.165) is 22.0 Å². The topological polar surface area (TPSA) is 70.5 Å². The predicted molar refractivity (Wildman–Crippen MR) is 139 cm³/mol. The average Bonchev–Trinajstić information content (AvgIpc) is 3.31. The van der Waals surface area contributed by atoms with Gasteiger partial charge in [0.2, 0.25) is 0 Å². The van der Waals surface area contributed by atoms with Crippen molar-refractivity contribution in [3.63, 3.8) is 0 Å². The van der Waals surface area contributed by atoms with Gasteiger partial charge >= 0.3 is 0 Å². The number of benzene rings is 3. The minimum absolute atomic E-state index is 0.115. The molecule has 0 unspecified atom stereocenters. The summed E-state index contributed by atoms with van der Waals surface area (Å²) in [6.45, 7) is 0.443. The van der Waals surface area contributed by atoms with Gasteiger partial charge in [0.05, 0.1) is 16.7 Å². The van der Waals surface area contributed by atoms with Crippen molar-refractivity contribution < 1.29 is 4.79 Å². The zero-order valence-electron chi connectivity index (χ0n) is 18.9. The van der Waals surface area contributed by atoms with Gasteiger partial charge < -0.3 is 9.88 Å². The van der Waals surface area contributed by atoms with Gasteiger partial charge in [0.1, 0.15) is 5.65 Å². The summed E-state index contributed by atoms with van der Waals surface area (Å²) in [6.07, 6.45) is 3.90. The quantitative estimate of drug-likeness (QED) is 0.385. The molecule has 0 radical (unpaired) electrons. The molecule has 3 aromatic heterocycles. The van der Waals surface area contributed by atoms with Gasteiger partial charge in [-0.1, -0.05) is 60.7 Å². The normalized spacial score (nSPS) is 11.3. The number of imidazole rings is 1. The van der Waals surface area contributed by atoms with Crippen LogP contribution in [0.1, 0.15) is 15.9 Å². The van der Waals surface area contributed by atoms with E-state index in [9.17, 15) is 9.59 Å². The molecule has 6 rings (SSSR count). The summed E-state index contributed by atoms with van der Waals surface area (Å²) in [6, 6.07) is 28.7. The molecule has 6 heteroatoms. The zero-order valence-corrected chi connectivity index (χ0v) is 18.9. The highest BCUT2D eigenvalue weighted by molar-refractivity contribution is 6.14. The lowest BCUT2D eigenvalue weighted by molar-refractivity contribution is 0.0987. The lowest BCUT2D eigenvalue weighted by atomic mass is 10.1. The van der Waals surface area contributed by atoms with Crippen molar-refractivity contribution in [2.24, 2.45) is 0 Å². The number of hydrogen-bond acceptors (Lipinski definition) is 3. The number of carbonyl (C=O) groups excluding carboxylic acids is 1. The molecule has 1 amide bonds. The van der Waals surface area contributed by atoms with Crippen LogP contribution in [0.2, 0.25) is 0 Å². The van der Waals surface area contributed by atoms with Crippen LogP contribution in [0, 0.1) is 0 Å². The fourth-order valence-corrected chi connectivity index (χ4v) is 4.70. The molecule has 0 bridgehead atoms. The SMILES string of the molecule is O=C(c1ccncc1)N(CCc1ccccc1)c1c2ccccc2c(=O)n2c1[nH]c1ccccc12. The number of aromatic nitrogens is 3. The Bertz CT molecular complexity index is 1740. The minimum Gasteiger partial charge on any atom is -0.338 e. The number of H-pyrrole nitrogens is 1. The van der Waals surface area contributed by atoms with E-state index in [4.69, 9.17) is 0 Å². The highest BCUT2D eigenvalue weighted by atomic mass is 16.2. The Labute approximate surface area is 201 Å². The van der Waals surface area contributed by atoms with E-state index in [2.05, 4.69) is 22.1 Å². The molecule has 3 heterocycles. The summed E-state index contributed by atoms with van der Waals surface area (Å²) in [5.74, 6) is -0.146. The number of fused-ring (bicyclic) bond motifs is 4. The van der Waals surface area contributed by atoms with Crippen LogP contribution in [0.25, 0.3) is 27.5 Å². The van der Waals surface area contributed by atoms with Gasteiger partial charge in [-0.15, -0.1) is 0 Å². The second kappa shape index (κ2) is 8.57. The largest absolute Gasteiger partial charge is 0.338 e. The molecule has 6 aromatic rings. The Morgan fingerprint density at radius 3 is 2.31 bits per heavy atom. The van der Waals surface area contributed by atoms with Gasteiger partial charge in [0, 0.05) is 35.3 Å². The van der Waals surface area contributed by atoms with Gasteiger partial charge in [-0.05, 0) is 42.3 Å². The van der Waals surface area contributed by atoms with Crippen LogP contribution < -0.4 is 10.5 Å². The number of pyridine rings is 2. The van der Waals surface area contributed by atoms with E-state index in [1.165, 1.54) is 0 Å². The van der Waals surface area contributed by atoms with Crippen LogP contribution in [0.15, 0.2) is 108 Å². The lowest BCUT2D eigenvalue weighted by Gasteiger charge is -2.25. The molecule has 0 fully saturated rings. The molecular formula is C29H22N4O2. The third kappa shape index (κ3) is 3.56. The van der Waals surface area contributed by atoms with Crippen molar-refractivity contribution >= 4 is 39.0 Å². The number of para-hydroxylation sites is 2. The standard InChI is InChI=1S/C29H22N4O2/c34-28(21-14-17-30-18-15-21)32(19-16-20-8-2-1-3-9-20)26-22-10-4-5-11-23(22)29(35)33-25-13-7-6-12-24(25)31-27(26)33/h1-15,17-18,31H,16,19H2. The Balaban J connectivity index is 1.64. The maximum atomic E-state index is 14.0. The highest BCUT2D eigenvalue weighted by Gasteiger charge is 2.25. The Hall–Kier alpha value is -4.71. The van der Waals surface area contributed by atoms with Crippen molar-refractivity contribution in [3.05, 3.63) is 125 Å². The number of rotatable bonds is 5. The molecule has 0 spiro atoms. The van der Waals surface area contributed by atoms with Crippen molar-refractivity contribution in [1.82, 2.24) is 14.4 Å². The van der Waals surface area contributed by atoms with E-state index >= 15 is 0 Å². The number of carbonyl (C=O) groups is 1. The van der Waals surface area contributed by atoms with Crippen LogP contribution in [-0.4, -0.2) is 26.8 Å². The van der Waals surface area contributed by atoms with Crippen LogP contribution >= 0.6 is 0 Å². The first-order valence-corrected chi connectivity index (χ1v) is 11.5. The molecule has 35 heavy (non-hydrogen) atoms. The minimum atomic E-state index is -0.146. The molecule has 3 aromatic carbocycles. The first-order valence-electron chi connectivity index (χ1n) is 11.5. The average molecular weight is 459 g/mol. The van der Waals surface area contributed by atoms with E-state index < -0.39 is 0 Å². The molecular weight excluding hydrogens is 436 g/mol. The smallest absolute Gasteiger partial charge is 0.264 e. The monoisotopic (exact) mass is 458 g/mol. The van der Waals surface area contributed by atoms with E-state index in [-0.39, 0.29) is 11.5 Å². The first-order chi connectivity index (χ1) is 17.2. The van der Waals surface area contributed by atoms with Crippen LogP contribution in [-0.2, 0) is 6.42 Å². The molecule has 0 aliphatic rings. The Morgan fingerprint density at radius 2 is 1.51 bits per heavy atom. The van der Waals surface area contributed by atoms with Crippen molar-refractivity contribution in [2.75, 3.05) is 11.4 Å². The summed E-state index contributed by atoms with van der Waals surface area (Å²) in [4.78, 5) is 36.8. The predicted octanol–water partition coefficient (Wildman–Crippen LogP) is 5.22. The number of amides is 1. The van der Waals surface area contributed by atoms with Crippen LogP contribution in [0.4, 0.5) is 5.69 Å². The summed E-state index contributed by atoms with van der Waals surface area (Å²) in [5.41, 5.74) is 4.46. The lowest BCUT2D eigenvalue weighted by Crippen LogP contribution is -2.34. The van der Waals surface area contributed by atoms with E-state index in [1.54, 1.807) is 33.8 Å². The number of nitrogens with one attached hydrogen (secondary N) is 1. The van der Waals surface area contributed by atoms with Gasteiger partial charge in [0.25, 0.3) is 11.5 Å². The molecule has 6 nitrogen and oxygen atoms in total. The first kappa shape index (κ1) is 20.9. The Morgan fingerprint density at radius 1 is 0.829 bits per heavy atom. The number of hydrogen-bond donors (Lipinski definition) is 1. The van der Waals surface area contributed by atoms with Crippen molar-refractivity contribution in [1.29, 1.82) is 0 Å². The molecule has 0 aliphatic heterocycles. The molecule has 1 N–H and O–H groups in total. The maximum absolute atomic E-state index is 14.0. The second-order valence-corrected chi connectivity index (χ2v) is 8.45. The molecule has 0 aliphatic carbocycles. The summed E-state index contributed by atoms with van der Waals surface area (Å²) in [7, 11) is 0. The molecule has 0 saturated heterocycles. The molecule has 0 atom stereocenters. The van der Waals surface area contributed by atoms with Gasteiger partial charge in [-0.3, -0.25) is 19.0 Å². The summed E-state index contributed by atoms with van der Waals surface area (Å²) in [5, 5.41) is 1.30. The zero-order chi connectivity index (χ0) is 23.8. The van der Waals surface area contributed by atoms with Gasteiger partial charge in [-0.2, -0.15) is 0 Å². The van der Waals surface area contributed by atoms with Gasteiger partial charge in [0.15, 0.2) is 0 Å². The molecule has 0 saturated carbocycles. The molecule has 170 valence electrons. The fraction of sp³-hybridized carbons (Fsp3) is 0.0690. The van der Waals surface area contributed by atoms with E-state index in [1.807, 2.05) is 66.7 Å². The third-order valence-corrected chi connectivity index (χ3v) is 6.37. The second-order valence-electron chi connectivity index (χ2n) is 8.45. The summed E-state index contributed by atoms with van der Waals surface area (Å²) >= 11 is 0. The van der Waals surface area contributed by atoms with Crippen LogP contribution in [0.3, 0.4) is 0 Å². The Kier molecular flexibility index (Phi) is 5.11. The fourth-order valence-electron chi connectivity index (χ4n) is 4.70. The highest BCUT2D eigenvalue weighted by Crippen LogP contribution is 2.32. The van der Waals surface area contributed by atoms with Crippen molar-refractivity contribution in [2.45, 2.75) is 6.42 Å². The van der Waals surface area contributed by atoms with Crippen LogP contribution in [0.5, 0.6) is 0 Å². The maximum Gasteiger partial charge on any atom is 0.264 e.